The third-order valence-electron chi connectivity index (χ3n) is 0.556. The molecule has 0 aliphatic carbocycles. The fourth-order valence-electron chi connectivity index (χ4n) is 0.321. The third kappa shape index (κ3) is 6.52. The van der Waals surface area contributed by atoms with Gasteiger partial charge in [-0.15, -0.1) is 11.6 Å². The van der Waals surface area contributed by atoms with Crippen LogP contribution in [0.1, 0.15) is 0 Å². The Balaban J connectivity index is 0. The van der Waals surface area contributed by atoms with E-state index in [0.717, 1.165) is 0 Å². The summed E-state index contributed by atoms with van der Waals surface area (Å²) in [5, 5.41) is 0. The Kier molecular flexibility index (Phi) is 14.9. The largest absolute Gasteiger partial charge is 0.214 e. The second kappa shape index (κ2) is 10.5. The summed E-state index contributed by atoms with van der Waals surface area (Å²) >= 11 is 4.64. The van der Waals surface area contributed by atoms with E-state index < -0.39 is 0 Å². The zero-order chi connectivity index (χ0) is 5.54. The van der Waals surface area contributed by atoms with Crippen molar-refractivity contribution in [3.05, 3.63) is 30.3 Å². The molecular formula is C6H8ClZr-. The van der Waals surface area contributed by atoms with Gasteiger partial charge >= 0.3 is 0 Å². The molecule has 0 heterocycles. The van der Waals surface area contributed by atoms with Gasteiger partial charge in [-0.25, -0.2) is 12.1 Å². The van der Waals surface area contributed by atoms with Gasteiger partial charge in [0, 0.05) is 32.6 Å². The summed E-state index contributed by atoms with van der Waals surface area (Å²) < 4.78 is 0. The fraction of sp³-hybridized carbons (Fsp3) is 0.167. The molecule has 0 saturated carbocycles. The van der Waals surface area contributed by atoms with E-state index in [-0.39, 0.29) is 26.2 Å². The maximum absolute atomic E-state index is 4.64. The zero-order valence-electron chi connectivity index (χ0n) is 4.76. The van der Waals surface area contributed by atoms with Gasteiger partial charge in [0.05, 0.1) is 0 Å². The van der Waals surface area contributed by atoms with Gasteiger partial charge in [0.15, 0.2) is 0 Å². The molecule has 0 bridgehead atoms. The Bertz CT molecular complexity index is 65.0. The molecular weight excluding hydrogens is 199 g/mol. The fourth-order valence-corrected chi connectivity index (χ4v) is 0.321. The van der Waals surface area contributed by atoms with Gasteiger partial charge in [0.2, 0.25) is 0 Å². The van der Waals surface area contributed by atoms with Crippen LogP contribution in [0.5, 0.6) is 0 Å². The molecule has 0 saturated heterocycles. The molecule has 1 aromatic rings. The van der Waals surface area contributed by atoms with Gasteiger partial charge in [-0.2, -0.15) is 18.2 Å². The number of halogens is 1. The Morgan fingerprint density at radius 1 is 1.12 bits per heavy atom. The van der Waals surface area contributed by atoms with Crippen LogP contribution in [0.2, 0.25) is 0 Å². The van der Waals surface area contributed by atoms with Crippen molar-refractivity contribution in [2.45, 2.75) is 0 Å². The SMILES string of the molecule is CCl.[Zr].c1cc[cH-]c1. The molecule has 0 spiro atoms. The number of hydrogen-bond donors (Lipinski definition) is 0. The quantitative estimate of drug-likeness (QED) is 0.452. The second-order valence-electron chi connectivity index (χ2n) is 0.962. The van der Waals surface area contributed by atoms with E-state index in [2.05, 4.69) is 11.6 Å². The minimum absolute atomic E-state index is 0. The molecule has 1 rings (SSSR count). The van der Waals surface area contributed by atoms with Crippen molar-refractivity contribution < 1.29 is 26.2 Å². The van der Waals surface area contributed by atoms with E-state index in [0.29, 0.717) is 0 Å². The summed E-state index contributed by atoms with van der Waals surface area (Å²) in [4.78, 5) is 0. The van der Waals surface area contributed by atoms with Crippen LogP contribution in [-0.2, 0) is 26.2 Å². The standard InChI is InChI=1S/C5H5.CH3Cl.Zr/c1-2-4-5-3-1;1-2;/h1-5H;1H3;/q-1;;. The molecule has 0 nitrogen and oxygen atoms in total. The summed E-state index contributed by atoms with van der Waals surface area (Å²) in [5.41, 5.74) is 0. The first kappa shape index (κ1) is 11.3. The number of hydrogen-bond acceptors (Lipinski definition) is 0. The first-order valence-corrected chi connectivity index (χ1v) is 2.80. The van der Waals surface area contributed by atoms with Crippen LogP contribution in [-0.4, -0.2) is 6.38 Å². The van der Waals surface area contributed by atoms with E-state index in [1.165, 1.54) is 6.38 Å². The average Bonchev–Trinajstić information content (AvgIpc) is 2.23. The second-order valence-corrected chi connectivity index (χ2v) is 0.962. The van der Waals surface area contributed by atoms with Gasteiger partial charge in [-0.05, 0) is 0 Å². The van der Waals surface area contributed by atoms with Gasteiger partial charge in [-0.1, -0.05) is 0 Å². The summed E-state index contributed by atoms with van der Waals surface area (Å²) in [5.74, 6) is 0. The van der Waals surface area contributed by atoms with Crippen LogP contribution in [0.25, 0.3) is 0 Å². The van der Waals surface area contributed by atoms with Crippen LogP contribution >= 0.6 is 11.6 Å². The first-order chi connectivity index (χ1) is 3.50. The predicted molar refractivity (Wildman–Crippen MR) is 33.8 cm³/mol. The number of rotatable bonds is 0. The van der Waals surface area contributed by atoms with Crippen molar-refractivity contribution in [3.8, 4) is 0 Å². The van der Waals surface area contributed by atoms with Gasteiger partial charge < -0.3 is 0 Å². The Labute approximate surface area is 74.3 Å². The summed E-state index contributed by atoms with van der Waals surface area (Å²) in [6.45, 7) is 0. The molecule has 0 amide bonds. The average molecular weight is 207 g/mol. The van der Waals surface area contributed by atoms with Crippen molar-refractivity contribution >= 4 is 11.6 Å². The molecule has 0 atom stereocenters. The van der Waals surface area contributed by atoms with Crippen LogP contribution in [0.4, 0.5) is 0 Å². The maximum Gasteiger partial charge on any atom is 0.0108 e. The van der Waals surface area contributed by atoms with Crippen molar-refractivity contribution in [2.75, 3.05) is 6.38 Å². The Morgan fingerprint density at radius 2 is 1.50 bits per heavy atom. The van der Waals surface area contributed by atoms with E-state index in [1.54, 1.807) is 0 Å². The van der Waals surface area contributed by atoms with E-state index in [4.69, 9.17) is 0 Å². The van der Waals surface area contributed by atoms with Crippen LogP contribution in [0, 0.1) is 0 Å². The molecule has 1 aromatic carbocycles. The molecule has 0 fully saturated rings. The van der Waals surface area contributed by atoms with Crippen molar-refractivity contribution in [1.29, 1.82) is 0 Å². The molecule has 8 heavy (non-hydrogen) atoms. The van der Waals surface area contributed by atoms with Crippen molar-refractivity contribution in [2.24, 2.45) is 0 Å². The summed E-state index contributed by atoms with van der Waals surface area (Å²) in [6, 6.07) is 10.0. The molecule has 0 aliphatic heterocycles. The molecule has 0 radical (unpaired) electrons. The molecule has 2 heteroatoms. The minimum atomic E-state index is 0. The van der Waals surface area contributed by atoms with Crippen LogP contribution in [0.3, 0.4) is 0 Å². The molecule has 0 aliphatic rings. The maximum atomic E-state index is 4.64. The number of alkyl halides is 1. The van der Waals surface area contributed by atoms with Crippen molar-refractivity contribution in [3.63, 3.8) is 0 Å². The van der Waals surface area contributed by atoms with E-state index in [9.17, 15) is 0 Å². The topological polar surface area (TPSA) is 0 Å². The molecule has 44 valence electrons. The van der Waals surface area contributed by atoms with Crippen LogP contribution < -0.4 is 0 Å². The summed E-state index contributed by atoms with van der Waals surface area (Å²) in [6.07, 6.45) is 1.47. The van der Waals surface area contributed by atoms with E-state index >= 15 is 0 Å². The first-order valence-electron chi connectivity index (χ1n) is 2.04. The Hall–Kier alpha value is 0.523. The van der Waals surface area contributed by atoms with Crippen molar-refractivity contribution in [1.82, 2.24) is 0 Å². The van der Waals surface area contributed by atoms with Gasteiger partial charge in [-0.3, -0.25) is 0 Å². The van der Waals surface area contributed by atoms with Crippen LogP contribution in [0.15, 0.2) is 30.3 Å². The Morgan fingerprint density at radius 3 is 1.62 bits per heavy atom. The molecule has 0 unspecified atom stereocenters. The zero-order valence-corrected chi connectivity index (χ0v) is 7.98. The van der Waals surface area contributed by atoms with Gasteiger partial charge in [0.25, 0.3) is 0 Å². The normalized spacial score (nSPS) is 5.75. The smallest absolute Gasteiger partial charge is 0.0108 e. The molecule has 0 aromatic heterocycles. The monoisotopic (exact) mass is 205 g/mol. The molecule has 0 N–H and O–H groups in total. The van der Waals surface area contributed by atoms with Gasteiger partial charge in [0.1, 0.15) is 0 Å². The predicted octanol–water partition coefficient (Wildman–Crippen LogP) is 2.26. The minimum Gasteiger partial charge on any atom is -0.214 e. The third-order valence-corrected chi connectivity index (χ3v) is 0.556. The summed E-state index contributed by atoms with van der Waals surface area (Å²) in [7, 11) is 0. The van der Waals surface area contributed by atoms with E-state index in [1.807, 2.05) is 30.3 Å².